The molecular weight excluding hydrogens is 321 g/mol. The van der Waals surface area contributed by atoms with Crippen LogP contribution >= 0.6 is 0 Å². The first kappa shape index (κ1) is 16.3. The molecule has 1 amide bonds. The molecule has 5 nitrogen and oxygen atoms in total. The van der Waals surface area contributed by atoms with Crippen molar-refractivity contribution in [3.63, 3.8) is 0 Å². The summed E-state index contributed by atoms with van der Waals surface area (Å²) < 4.78 is 22.0. The number of imidazole rings is 1. The highest BCUT2D eigenvalue weighted by Crippen LogP contribution is 2.36. The van der Waals surface area contributed by atoms with Crippen LogP contribution in [0.15, 0.2) is 30.6 Å². The fraction of sp³-hybridized carbons (Fsp3) is 0.474. The Labute approximate surface area is 146 Å². The smallest absolute Gasteiger partial charge is 0.229 e. The van der Waals surface area contributed by atoms with Gasteiger partial charge in [-0.3, -0.25) is 4.79 Å². The Balaban J connectivity index is 1.56. The first-order chi connectivity index (χ1) is 12.2. The summed E-state index contributed by atoms with van der Waals surface area (Å²) in [6.07, 6.45) is 4.71. The molecule has 0 unspecified atom stereocenters. The van der Waals surface area contributed by atoms with Crippen LogP contribution in [0.2, 0.25) is 0 Å². The number of ether oxygens (including phenoxy) is 1. The molecule has 3 heterocycles. The molecule has 0 bridgehead atoms. The molecule has 0 saturated carbocycles. The molecule has 0 radical (unpaired) electrons. The van der Waals surface area contributed by atoms with Crippen molar-refractivity contribution in [3.8, 4) is 0 Å². The first-order valence-corrected chi connectivity index (χ1v) is 8.86. The number of benzene rings is 1. The van der Waals surface area contributed by atoms with Crippen LogP contribution in [0.1, 0.15) is 36.4 Å². The lowest BCUT2D eigenvalue weighted by molar-refractivity contribution is -0.138. The minimum absolute atomic E-state index is 0.0436. The summed E-state index contributed by atoms with van der Waals surface area (Å²) in [6.45, 7) is 4.35. The lowest BCUT2D eigenvalue weighted by atomic mass is 9.95. The van der Waals surface area contributed by atoms with E-state index < -0.39 is 0 Å². The normalized spacial score (nSPS) is 22.9. The summed E-state index contributed by atoms with van der Waals surface area (Å²) in [7, 11) is 0. The van der Waals surface area contributed by atoms with Crippen LogP contribution in [0.4, 0.5) is 4.39 Å². The molecule has 2 aliphatic heterocycles. The van der Waals surface area contributed by atoms with Crippen LogP contribution in [0.3, 0.4) is 0 Å². The third-order valence-electron chi connectivity index (χ3n) is 5.28. The summed E-state index contributed by atoms with van der Waals surface area (Å²) in [5.41, 5.74) is 1.65. The molecule has 2 aromatic rings. The second-order valence-corrected chi connectivity index (χ2v) is 6.65. The molecule has 1 aromatic heterocycles. The highest BCUT2D eigenvalue weighted by Gasteiger charge is 2.40. The van der Waals surface area contributed by atoms with Gasteiger partial charge >= 0.3 is 0 Å². The van der Waals surface area contributed by atoms with E-state index in [1.54, 1.807) is 17.2 Å². The van der Waals surface area contributed by atoms with Gasteiger partial charge in [0.2, 0.25) is 5.91 Å². The molecule has 1 aromatic carbocycles. The largest absolute Gasteiger partial charge is 0.369 e. The Bertz CT molecular complexity index is 789. The third-order valence-corrected chi connectivity index (χ3v) is 5.28. The third kappa shape index (κ3) is 2.84. The SMILES string of the molecule is CCn1ccnc1[C@@H]1OCC[C@H]1C(=O)N1CCc2cccc(F)c2C1. The lowest BCUT2D eigenvalue weighted by Gasteiger charge is -2.32. The molecule has 0 aliphatic carbocycles. The topological polar surface area (TPSA) is 47.4 Å². The first-order valence-electron chi connectivity index (χ1n) is 8.86. The van der Waals surface area contributed by atoms with Crippen molar-refractivity contribution in [2.75, 3.05) is 13.2 Å². The second kappa shape index (κ2) is 6.59. The highest BCUT2D eigenvalue weighted by molar-refractivity contribution is 5.80. The summed E-state index contributed by atoms with van der Waals surface area (Å²) >= 11 is 0. The number of fused-ring (bicyclic) bond motifs is 1. The van der Waals surface area contributed by atoms with Crippen molar-refractivity contribution >= 4 is 5.91 Å². The lowest BCUT2D eigenvalue weighted by Crippen LogP contribution is -2.41. The van der Waals surface area contributed by atoms with Crippen LogP contribution in [0.25, 0.3) is 0 Å². The quantitative estimate of drug-likeness (QED) is 0.861. The van der Waals surface area contributed by atoms with E-state index >= 15 is 0 Å². The minimum Gasteiger partial charge on any atom is -0.369 e. The Morgan fingerprint density at radius 1 is 1.44 bits per heavy atom. The fourth-order valence-corrected chi connectivity index (χ4v) is 3.90. The molecule has 0 N–H and O–H groups in total. The Morgan fingerprint density at radius 2 is 2.32 bits per heavy atom. The van der Waals surface area contributed by atoms with E-state index in [1.165, 1.54) is 6.07 Å². The minimum atomic E-state index is -0.315. The maximum absolute atomic E-state index is 14.1. The molecule has 2 aliphatic rings. The van der Waals surface area contributed by atoms with Gasteiger partial charge in [0.25, 0.3) is 0 Å². The molecule has 1 fully saturated rings. The zero-order valence-corrected chi connectivity index (χ0v) is 14.3. The number of carbonyl (C=O) groups excluding carboxylic acids is 1. The van der Waals surface area contributed by atoms with E-state index in [9.17, 15) is 9.18 Å². The average molecular weight is 343 g/mol. The van der Waals surface area contributed by atoms with Gasteiger partial charge in [0.1, 0.15) is 17.7 Å². The van der Waals surface area contributed by atoms with Crippen LogP contribution in [0, 0.1) is 11.7 Å². The van der Waals surface area contributed by atoms with E-state index in [1.807, 2.05) is 23.8 Å². The van der Waals surface area contributed by atoms with E-state index in [4.69, 9.17) is 4.74 Å². The van der Waals surface area contributed by atoms with E-state index in [0.29, 0.717) is 38.1 Å². The number of hydrogen-bond donors (Lipinski definition) is 0. The van der Waals surface area contributed by atoms with Crippen LogP contribution in [0.5, 0.6) is 0 Å². The number of aromatic nitrogens is 2. The molecule has 25 heavy (non-hydrogen) atoms. The van der Waals surface area contributed by atoms with Gasteiger partial charge in [-0.05, 0) is 31.4 Å². The maximum Gasteiger partial charge on any atom is 0.229 e. The fourth-order valence-electron chi connectivity index (χ4n) is 3.90. The average Bonchev–Trinajstić information content (AvgIpc) is 3.29. The predicted octanol–water partition coefficient (Wildman–Crippen LogP) is 2.70. The maximum atomic E-state index is 14.1. The number of hydrogen-bond acceptors (Lipinski definition) is 3. The Kier molecular flexibility index (Phi) is 4.29. The molecule has 1 saturated heterocycles. The van der Waals surface area contributed by atoms with Crippen molar-refractivity contribution < 1.29 is 13.9 Å². The molecule has 4 rings (SSSR count). The van der Waals surface area contributed by atoms with E-state index in [-0.39, 0.29) is 23.7 Å². The molecular formula is C19H22FN3O2. The number of amides is 1. The number of halogens is 1. The second-order valence-electron chi connectivity index (χ2n) is 6.65. The van der Waals surface area contributed by atoms with Gasteiger partial charge in [0.15, 0.2) is 0 Å². The molecule has 0 spiro atoms. The van der Waals surface area contributed by atoms with Gasteiger partial charge in [-0.15, -0.1) is 0 Å². The van der Waals surface area contributed by atoms with Crippen LogP contribution in [-0.4, -0.2) is 33.5 Å². The van der Waals surface area contributed by atoms with Crippen molar-refractivity contribution in [1.29, 1.82) is 0 Å². The highest BCUT2D eigenvalue weighted by atomic mass is 19.1. The van der Waals surface area contributed by atoms with Crippen LogP contribution < -0.4 is 0 Å². The summed E-state index contributed by atoms with van der Waals surface area (Å²) in [5, 5.41) is 0. The van der Waals surface area contributed by atoms with E-state index in [0.717, 1.165) is 17.9 Å². The molecule has 6 heteroatoms. The van der Waals surface area contributed by atoms with Gasteiger partial charge in [-0.1, -0.05) is 12.1 Å². The van der Waals surface area contributed by atoms with Crippen molar-refractivity contribution in [2.24, 2.45) is 5.92 Å². The standard InChI is InChI=1S/C19H22FN3O2/c1-2-22-10-8-21-18(22)17-14(7-11-25-17)19(24)23-9-6-13-4-3-5-16(20)15(13)12-23/h3-5,8,10,14,17H,2,6-7,9,11-12H2,1H3/t14-,17-/m1/s1. The predicted molar refractivity (Wildman–Crippen MR) is 90.2 cm³/mol. The molecule has 132 valence electrons. The van der Waals surface area contributed by atoms with Gasteiger partial charge in [-0.2, -0.15) is 0 Å². The van der Waals surface area contributed by atoms with Gasteiger partial charge in [-0.25, -0.2) is 9.37 Å². The monoisotopic (exact) mass is 343 g/mol. The summed E-state index contributed by atoms with van der Waals surface area (Å²) in [6, 6.07) is 5.14. The van der Waals surface area contributed by atoms with Gasteiger partial charge in [0, 0.05) is 44.2 Å². The number of carbonyl (C=O) groups is 1. The van der Waals surface area contributed by atoms with Gasteiger partial charge < -0.3 is 14.2 Å². The van der Waals surface area contributed by atoms with Gasteiger partial charge in [0.05, 0.1) is 5.92 Å². The Hall–Kier alpha value is -2.21. The van der Waals surface area contributed by atoms with Crippen LogP contribution in [-0.2, 0) is 29.0 Å². The number of rotatable bonds is 3. The Morgan fingerprint density at radius 3 is 3.16 bits per heavy atom. The van der Waals surface area contributed by atoms with Crippen molar-refractivity contribution in [1.82, 2.24) is 14.5 Å². The number of aryl methyl sites for hydroxylation is 1. The summed E-state index contributed by atoms with van der Waals surface area (Å²) in [5.74, 6) is 0.376. The van der Waals surface area contributed by atoms with Crippen molar-refractivity contribution in [3.05, 3.63) is 53.4 Å². The molecule has 2 atom stereocenters. The summed E-state index contributed by atoms with van der Waals surface area (Å²) in [4.78, 5) is 19.3. The number of nitrogens with zero attached hydrogens (tertiary/aromatic N) is 3. The zero-order valence-electron chi connectivity index (χ0n) is 14.3. The van der Waals surface area contributed by atoms with E-state index in [2.05, 4.69) is 4.98 Å². The van der Waals surface area contributed by atoms with Crippen molar-refractivity contribution in [2.45, 2.75) is 39.0 Å². The zero-order chi connectivity index (χ0) is 17.4.